The van der Waals surface area contributed by atoms with E-state index in [-0.39, 0.29) is 16.7 Å². The molecule has 0 spiro atoms. The van der Waals surface area contributed by atoms with Crippen molar-refractivity contribution in [1.82, 2.24) is 4.98 Å². The van der Waals surface area contributed by atoms with E-state index in [9.17, 15) is 4.79 Å². The van der Waals surface area contributed by atoms with Gasteiger partial charge in [-0.1, -0.05) is 11.6 Å². The lowest BCUT2D eigenvalue weighted by Crippen LogP contribution is -2.57. The molecule has 116 valence electrons. The number of aromatic nitrogens is 1. The fourth-order valence-corrected chi connectivity index (χ4v) is 4.04. The van der Waals surface area contributed by atoms with Crippen molar-refractivity contribution >= 4 is 22.4 Å². The van der Waals surface area contributed by atoms with Gasteiger partial charge in [0, 0.05) is 17.1 Å². The van der Waals surface area contributed by atoms with E-state index in [1.165, 1.54) is 0 Å². The Balaban J connectivity index is 1.70. The molecule has 0 radical (unpaired) electrons. The summed E-state index contributed by atoms with van der Waals surface area (Å²) in [5.74, 6) is 0.672. The van der Waals surface area contributed by atoms with Crippen LogP contribution >= 0.6 is 11.6 Å². The number of ether oxygens (including phenoxy) is 1. The van der Waals surface area contributed by atoms with Gasteiger partial charge in [-0.3, -0.25) is 4.79 Å². The number of benzene rings is 1. The van der Waals surface area contributed by atoms with Gasteiger partial charge in [0.05, 0.1) is 5.02 Å². The second kappa shape index (κ2) is 4.74. The summed E-state index contributed by atoms with van der Waals surface area (Å²) < 4.78 is 6.35. The van der Waals surface area contributed by atoms with Crippen LogP contribution in [0.15, 0.2) is 29.2 Å². The van der Waals surface area contributed by atoms with Crippen molar-refractivity contribution in [3.8, 4) is 5.75 Å². The van der Waals surface area contributed by atoms with Crippen molar-refractivity contribution in [2.24, 2.45) is 5.73 Å². The molecular formula is C17H19ClN2O2. The van der Waals surface area contributed by atoms with E-state index in [1.54, 1.807) is 12.3 Å². The highest BCUT2D eigenvalue weighted by molar-refractivity contribution is 6.32. The molecule has 0 unspecified atom stereocenters. The maximum atomic E-state index is 11.8. The maximum absolute atomic E-state index is 11.8. The average Bonchev–Trinajstić information content (AvgIpc) is 2.51. The van der Waals surface area contributed by atoms with Gasteiger partial charge < -0.3 is 15.5 Å². The molecule has 2 aromatic rings. The lowest BCUT2D eigenvalue weighted by molar-refractivity contribution is -0.0421. The first-order chi connectivity index (χ1) is 10.5. The molecule has 0 aliphatic heterocycles. The summed E-state index contributed by atoms with van der Waals surface area (Å²) in [7, 11) is 0. The molecule has 4 nitrogen and oxygen atoms in total. The fourth-order valence-electron chi connectivity index (χ4n) is 3.83. The summed E-state index contributed by atoms with van der Waals surface area (Å²) >= 11 is 6.35. The van der Waals surface area contributed by atoms with E-state index in [0.29, 0.717) is 16.2 Å². The number of H-pyrrole nitrogens is 1. The van der Waals surface area contributed by atoms with Crippen LogP contribution in [0.3, 0.4) is 0 Å². The van der Waals surface area contributed by atoms with Crippen LogP contribution in [0.25, 0.3) is 10.8 Å². The molecule has 2 bridgehead atoms. The van der Waals surface area contributed by atoms with Crippen LogP contribution in [0.5, 0.6) is 5.75 Å². The molecule has 5 heteroatoms. The highest BCUT2D eigenvalue weighted by atomic mass is 35.5. The van der Waals surface area contributed by atoms with Crippen LogP contribution in [0.2, 0.25) is 5.02 Å². The molecule has 3 N–H and O–H groups in total. The van der Waals surface area contributed by atoms with Gasteiger partial charge in [-0.2, -0.15) is 0 Å². The topological polar surface area (TPSA) is 68.1 Å². The van der Waals surface area contributed by atoms with Crippen molar-refractivity contribution in [1.29, 1.82) is 0 Å². The zero-order chi connectivity index (χ0) is 15.4. The van der Waals surface area contributed by atoms with Gasteiger partial charge >= 0.3 is 0 Å². The predicted octanol–water partition coefficient (Wildman–Crippen LogP) is 3.36. The Bertz CT molecular complexity index is 774. The third kappa shape index (κ3) is 2.22. The number of halogens is 1. The van der Waals surface area contributed by atoms with Crippen molar-refractivity contribution in [3.63, 3.8) is 0 Å². The molecule has 5 rings (SSSR count). The average molecular weight is 319 g/mol. The Kier molecular flexibility index (Phi) is 3.03. The van der Waals surface area contributed by atoms with Crippen LogP contribution in [0.1, 0.15) is 38.5 Å². The van der Waals surface area contributed by atoms with E-state index in [2.05, 4.69) is 4.98 Å². The largest absolute Gasteiger partial charge is 0.486 e. The first-order valence-electron chi connectivity index (χ1n) is 7.78. The van der Waals surface area contributed by atoms with Gasteiger partial charge in [0.15, 0.2) is 0 Å². The molecule has 0 amide bonds. The Labute approximate surface area is 133 Å². The van der Waals surface area contributed by atoms with E-state index < -0.39 is 0 Å². The van der Waals surface area contributed by atoms with Crippen LogP contribution in [-0.2, 0) is 0 Å². The minimum Gasteiger partial charge on any atom is -0.486 e. The van der Waals surface area contributed by atoms with Crippen LogP contribution in [-0.4, -0.2) is 16.1 Å². The van der Waals surface area contributed by atoms with E-state index >= 15 is 0 Å². The Hall–Kier alpha value is -1.52. The maximum Gasteiger partial charge on any atom is 0.255 e. The summed E-state index contributed by atoms with van der Waals surface area (Å²) in [6.45, 7) is 0. The minimum absolute atomic E-state index is 0.0194. The number of hydrogen-bond acceptors (Lipinski definition) is 3. The number of aromatic amines is 1. The van der Waals surface area contributed by atoms with Gasteiger partial charge in [0.2, 0.25) is 0 Å². The SMILES string of the molecule is NC12CCC(Oc3cc4cc[nH]c(=O)c4cc3Cl)(CC1)CC2. The van der Waals surface area contributed by atoms with E-state index in [4.69, 9.17) is 22.1 Å². The standard InChI is InChI=1S/C17H19ClN2O2/c18-13-10-12-11(1-8-20-15(12)21)9-14(13)22-17-5-2-16(19,3-6-17)4-7-17/h1,8-10H,2-7,19H2,(H,20,21). The number of fused-ring (bicyclic) bond motifs is 4. The monoisotopic (exact) mass is 318 g/mol. The minimum atomic E-state index is -0.139. The normalized spacial score (nSPS) is 30.6. The highest BCUT2D eigenvalue weighted by Crippen LogP contribution is 2.48. The number of nitrogens with two attached hydrogens (primary N) is 1. The summed E-state index contributed by atoms with van der Waals surface area (Å²) in [4.78, 5) is 14.5. The lowest BCUT2D eigenvalue weighted by atomic mass is 9.63. The van der Waals surface area contributed by atoms with Gasteiger partial charge in [0.25, 0.3) is 5.56 Å². The van der Waals surface area contributed by atoms with Crippen molar-refractivity contribution in [3.05, 3.63) is 39.8 Å². The number of pyridine rings is 1. The Morgan fingerprint density at radius 3 is 2.50 bits per heavy atom. The fraction of sp³-hybridized carbons (Fsp3) is 0.471. The van der Waals surface area contributed by atoms with Crippen molar-refractivity contribution in [2.45, 2.75) is 49.7 Å². The second-order valence-electron chi connectivity index (χ2n) is 6.82. The second-order valence-corrected chi connectivity index (χ2v) is 7.23. The number of hydrogen-bond donors (Lipinski definition) is 2. The van der Waals surface area contributed by atoms with Gasteiger partial charge in [0.1, 0.15) is 11.4 Å². The first kappa shape index (κ1) is 14.1. The number of nitrogens with one attached hydrogen (secondary N) is 1. The summed E-state index contributed by atoms with van der Waals surface area (Å²) in [5.41, 5.74) is 6.10. The van der Waals surface area contributed by atoms with Crippen LogP contribution < -0.4 is 16.0 Å². The summed E-state index contributed by atoms with van der Waals surface area (Å²) in [6.07, 6.45) is 7.62. The van der Waals surface area contributed by atoms with Crippen molar-refractivity contribution < 1.29 is 4.74 Å². The zero-order valence-corrected chi connectivity index (χ0v) is 13.1. The molecule has 3 fully saturated rings. The molecule has 0 atom stereocenters. The Morgan fingerprint density at radius 1 is 1.14 bits per heavy atom. The molecule has 22 heavy (non-hydrogen) atoms. The smallest absolute Gasteiger partial charge is 0.255 e. The molecule has 3 aliphatic rings. The molecular weight excluding hydrogens is 300 g/mol. The van der Waals surface area contributed by atoms with Crippen LogP contribution in [0, 0.1) is 0 Å². The third-order valence-electron chi connectivity index (χ3n) is 5.39. The molecule has 1 aromatic carbocycles. The lowest BCUT2D eigenvalue weighted by Gasteiger charge is -2.51. The van der Waals surface area contributed by atoms with Gasteiger partial charge in [-0.05, 0) is 62.1 Å². The van der Waals surface area contributed by atoms with Crippen molar-refractivity contribution in [2.75, 3.05) is 0 Å². The predicted molar refractivity (Wildman–Crippen MR) is 87.6 cm³/mol. The first-order valence-corrected chi connectivity index (χ1v) is 8.15. The molecule has 3 saturated carbocycles. The van der Waals surface area contributed by atoms with Gasteiger partial charge in [-0.15, -0.1) is 0 Å². The summed E-state index contributed by atoms with van der Waals surface area (Å²) in [5, 5.41) is 1.93. The van der Waals surface area contributed by atoms with Gasteiger partial charge in [-0.25, -0.2) is 0 Å². The Morgan fingerprint density at radius 2 is 1.82 bits per heavy atom. The molecule has 1 aromatic heterocycles. The summed E-state index contributed by atoms with van der Waals surface area (Å²) in [6, 6.07) is 5.44. The van der Waals surface area contributed by atoms with E-state index in [0.717, 1.165) is 43.9 Å². The third-order valence-corrected chi connectivity index (χ3v) is 5.68. The van der Waals surface area contributed by atoms with Crippen LogP contribution in [0.4, 0.5) is 0 Å². The van der Waals surface area contributed by atoms with E-state index in [1.807, 2.05) is 12.1 Å². The quantitative estimate of drug-likeness (QED) is 0.892. The highest BCUT2D eigenvalue weighted by Gasteiger charge is 2.48. The zero-order valence-electron chi connectivity index (χ0n) is 12.3. The molecule has 3 aliphatic carbocycles. The number of rotatable bonds is 2. The molecule has 0 saturated heterocycles. The molecule has 1 heterocycles.